The molecule has 0 fully saturated rings. The number of hydrogen-bond donors (Lipinski definition) is 0. The molecule has 1 heterocycles. The Bertz CT molecular complexity index is 4110. The van der Waals surface area contributed by atoms with Crippen molar-refractivity contribution in [1.29, 1.82) is 0 Å². The van der Waals surface area contributed by atoms with Crippen LogP contribution in [0.1, 0.15) is 25.0 Å². The molecule has 1 aliphatic carbocycles. The van der Waals surface area contributed by atoms with E-state index in [0.29, 0.717) is 0 Å². The molecule has 0 saturated carbocycles. The van der Waals surface area contributed by atoms with Crippen molar-refractivity contribution in [2.45, 2.75) is 19.3 Å². The number of benzene rings is 12. The first-order valence-electron chi connectivity index (χ1n) is 23.2. The molecule has 0 spiro atoms. The summed E-state index contributed by atoms with van der Waals surface area (Å²) in [4.78, 5) is 0. The van der Waals surface area contributed by atoms with Crippen LogP contribution in [0.25, 0.3) is 126 Å². The Balaban J connectivity index is 0.915. The smallest absolute Gasteiger partial charge is 0.0541 e. The van der Waals surface area contributed by atoms with Gasteiger partial charge in [0.2, 0.25) is 0 Å². The van der Waals surface area contributed by atoms with Crippen molar-refractivity contribution in [2.75, 3.05) is 0 Å². The van der Waals surface area contributed by atoms with E-state index in [4.69, 9.17) is 0 Å². The number of para-hydroxylation sites is 2. The Hall–Kier alpha value is -8.26. The Morgan fingerprint density at radius 1 is 0.288 bits per heavy atom. The number of rotatable bonds is 4. The molecular formula is C65H43N. The summed E-state index contributed by atoms with van der Waals surface area (Å²) in [5.74, 6) is 0. The second-order valence-electron chi connectivity index (χ2n) is 18.7. The molecule has 1 aromatic heterocycles. The Morgan fingerprint density at radius 2 is 0.788 bits per heavy atom. The number of nitrogens with zero attached hydrogens (tertiary/aromatic N) is 1. The SMILES string of the molecule is CC1(C)c2ccc3ccccc3c2-c2c1c1ccc(-c3ccc(-c4c5ccccc5c(-c5ccc6c(c5)c5ccccc5n6-c5ccccc5)c5ccccc45)cc3)cc1c1ccccc21. The van der Waals surface area contributed by atoms with Crippen molar-refractivity contribution >= 4 is 75.7 Å². The summed E-state index contributed by atoms with van der Waals surface area (Å²) in [5, 5.41) is 15.5. The first-order valence-corrected chi connectivity index (χ1v) is 23.2. The molecule has 66 heavy (non-hydrogen) atoms. The fourth-order valence-corrected chi connectivity index (χ4v) is 12.0. The lowest BCUT2D eigenvalue weighted by molar-refractivity contribution is 0.667. The van der Waals surface area contributed by atoms with Crippen LogP contribution in [-0.4, -0.2) is 4.57 Å². The normalized spacial score (nSPS) is 13.1. The van der Waals surface area contributed by atoms with Gasteiger partial charge >= 0.3 is 0 Å². The standard InChI is InChI=1S/C65H43N/c1-65(2)57-36-33-41-16-6-7-19-46(41)62(57)63-49-22-9-8-20-47(49)55-38-43(32-35-54(55)64(63)65)40-28-30-42(31-29-40)60-50-23-10-12-25-52(50)61(53-26-13-11-24-51(53)60)44-34-37-59-56(39-44)48-21-14-15-27-58(48)66(59)45-17-4-3-5-18-45/h3-39H,1-2H3. The van der Waals surface area contributed by atoms with E-state index in [9.17, 15) is 0 Å². The Kier molecular flexibility index (Phi) is 7.81. The zero-order chi connectivity index (χ0) is 43.7. The van der Waals surface area contributed by atoms with E-state index in [0.717, 1.165) is 0 Å². The minimum Gasteiger partial charge on any atom is -0.309 e. The maximum absolute atomic E-state index is 2.44. The molecule has 0 bridgehead atoms. The van der Waals surface area contributed by atoms with E-state index in [1.807, 2.05) is 0 Å². The molecule has 0 N–H and O–H groups in total. The molecule has 0 amide bonds. The highest BCUT2D eigenvalue weighted by Gasteiger charge is 2.39. The molecule has 13 aromatic rings. The van der Waals surface area contributed by atoms with Crippen LogP contribution in [0.2, 0.25) is 0 Å². The molecule has 0 unspecified atom stereocenters. The minimum absolute atomic E-state index is 0.142. The van der Waals surface area contributed by atoms with E-state index in [-0.39, 0.29) is 5.41 Å². The van der Waals surface area contributed by atoms with Gasteiger partial charge in [0.25, 0.3) is 0 Å². The lowest BCUT2D eigenvalue weighted by Crippen LogP contribution is -2.15. The average Bonchev–Trinajstić information content (AvgIpc) is 3.84. The third-order valence-electron chi connectivity index (χ3n) is 14.9. The van der Waals surface area contributed by atoms with Crippen molar-refractivity contribution in [2.24, 2.45) is 0 Å². The van der Waals surface area contributed by atoms with Gasteiger partial charge in [0.1, 0.15) is 0 Å². The summed E-state index contributed by atoms with van der Waals surface area (Å²) >= 11 is 0. The van der Waals surface area contributed by atoms with Crippen molar-refractivity contribution < 1.29 is 0 Å². The van der Waals surface area contributed by atoms with Crippen LogP contribution < -0.4 is 0 Å². The minimum atomic E-state index is -0.142. The van der Waals surface area contributed by atoms with Crippen molar-refractivity contribution in [3.63, 3.8) is 0 Å². The highest BCUT2D eigenvalue weighted by atomic mass is 15.0. The molecule has 12 aromatic carbocycles. The summed E-state index contributed by atoms with van der Waals surface area (Å²) in [6, 6.07) is 83.7. The van der Waals surface area contributed by atoms with Gasteiger partial charge in [-0.3, -0.25) is 0 Å². The molecule has 308 valence electrons. The van der Waals surface area contributed by atoms with Crippen LogP contribution in [-0.2, 0) is 5.41 Å². The van der Waals surface area contributed by atoms with Crippen LogP contribution in [0.5, 0.6) is 0 Å². The van der Waals surface area contributed by atoms with E-state index in [2.05, 4.69) is 243 Å². The van der Waals surface area contributed by atoms with Gasteiger partial charge in [-0.15, -0.1) is 0 Å². The Morgan fingerprint density at radius 3 is 1.48 bits per heavy atom. The van der Waals surface area contributed by atoms with E-state index < -0.39 is 0 Å². The highest BCUT2D eigenvalue weighted by Crippen LogP contribution is 2.57. The number of fused-ring (bicyclic) bond motifs is 15. The first kappa shape index (κ1) is 37.1. The molecule has 14 rings (SSSR count). The fourth-order valence-electron chi connectivity index (χ4n) is 12.0. The van der Waals surface area contributed by atoms with Gasteiger partial charge in [0, 0.05) is 21.9 Å². The molecule has 1 aliphatic rings. The lowest BCUT2D eigenvalue weighted by atomic mass is 9.79. The summed E-state index contributed by atoms with van der Waals surface area (Å²) in [6.07, 6.45) is 0. The predicted molar refractivity (Wildman–Crippen MR) is 282 cm³/mol. The molecule has 0 aliphatic heterocycles. The van der Waals surface area contributed by atoms with Crippen LogP contribution in [0.15, 0.2) is 224 Å². The largest absolute Gasteiger partial charge is 0.309 e. The lowest BCUT2D eigenvalue weighted by Gasteiger charge is -2.24. The second-order valence-corrected chi connectivity index (χ2v) is 18.7. The van der Waals surface area contributed by atoms with E-state index in [1.54, 1.807) is 0 Å². The van der Waals surface area contributed by atoms with E-state index in [1.165, 1.54) is 137 Å². The Labute approximate surface area is 383 Å². The summed E-state index contributed by atoms with van der Waals surface area (Å²) in [7, 11) is 0. The van der Waals surface area contributed by atoms with Gasteiger partial charge < -0.3 is 4.57 Å². The van der Waals surface area contributed by atoms with Crippen LogP contribution in [0.3, 0.4) is 0 Å². The van der Waals surface area contributed by atoms with Crippen molar-refractivity contribution in [3.05, 3.63) is 236 Å². The second kappa shape index (κ2) is 13.9. The number of hydrogen-bond acceptors (Lipinski definition) is 0. The van der Waals surface area contributed by atoms with Crippen LogP contribution in [0, 0.1) is 0 Å². The summed E-state index contributed by atoms with van der Waals surface area (Å²) in [5.41, 5.74) is 16.5. The third-order valence-corrected chi connectivity index (χ3v) is 14.9. The van der Waals surface area contributed by atoms with Gasteiger partial charge in [-0.1, -0.05) is 202 Å². The monoisotopic (exact) mass is 837 g/mol. The molecule has 0 radical (unpaired) electrons. The zero-order valence-electron chi connectivity index (χ0n) is 36.8. The first-order chi connectivity index (χ1) is 32.5. The number of aromatic nitrogens is 1. The molecule has 1 heteroatoms. The van der Waals surface area contributed by atoms with Gasteiger partial charge in [-0.05, 0) is 146 Å². The maximum atomic E-state index is 2.44. The van der Waals surface area contributed by atoms with Crippen LogP contribution >= 0.6 is 0 Å². The molecule has 0 saturated heterocycles. The van der Waals surface area contributed by atoms with E-state index >= 15 is 0 Å². The molecule has 1 nitrogen and oxygen atoms in total. The van der Waals surface area contributed by atoms with Crippen molar-refractivity contribution in [1.82, 2.24) is 4.57 Å². The predicted octanol–water partition coefficient (Wildman–Crippen LogP) is 17.9. The molecular weight excluding hydrogens is 795 g/mol. The quantitative estimate of drug-likeness (QED) is 0.123. The summed E-state index contributed by atoms with van der Waals surface area (Å²) < 4.78 is 2.39. The zero-order valence-corrected chi connectivity index (χ0v) is 36.8. The molecule has 0 atom stereocenters. The van der Waals surface area contributed by atoms with Crippen LogP contribution in [0.4, 0.5) is 0 Å². The summed E-state index contributed by atoms with van der Waals surface area (Å²) in [6.45, 7) is 4.83. The van der Waals surface area contributed by atoms with Crippen molar-refractivity contribution in [3.8, 4) is 50.2 Å². The van der Waals surface area contributed by atoms with Gasteiger partial charge in [0.15, 0.2) is 0 Å². The third kappa shape index (κ3) is 5.17. The average molecular weight is 838 g/mol. The fraction of sp³-hybridized carbons (Fsp3) is 0.0462. The topological polar surface area (TPSA) is 4.93 Å². The van der Waals surface area contributed by atoms with Gasteiger partial charge in [-0.25, -0.2) is 0 Å². The maximum Gasteiger partial charge on any atom is 0.0541 e. The van der Waals surface area contributed by atoms with Gasteiger partial charge in [-0.2, -0.15) is 0 Å². The highest BCUT2D eigenvalue weighted by molar-refractivity contribution is 6.24. The van der Waals surface area contributed by atoms with Gasteiger partial charge in [0.05, 0.1) is 11.0 Å².